The minimum atomic E-state index is -0.288. The fourth-order valence-corrected chi connectivity index (χ4v) is 3.70. The summed E-state index contributed by atoms with van der Waals surface area (Å²) in [5.41, 5.74) is 0.338. The van der Waals surface area contributed by atoms with Crippen LogP contribution < -0.4 is 5.56 Å². The van der Waals surface area contributed by atoms with Gasteiger partial charge in [0.1, 0.15) is 6.54 Å². The molecule has 0 spiro atoms. The van der Waals surface area contributed by atoms with Gasteiger partial charge in [-0.15, -0.1) is 11.3 Å². The second kappa shape index (κ2) is 8.27. The van der Waals surface area contributed by atoms with Crippen LogP contribution in [-0.4, -0.2) is 46.0 Å². The molecule has 0 N–H and O–H groups in total. The number of aromatic nitrogens is 2. The Kier molecular flexibility index (Phi) is 5.82. The lowest BCUT2D eigenvalue weighted by molar-refractivity contribution is -0.151. The molecule has 8 heteroatoms. The van der Waals surface area contributed by atoms with Crippen LogP contribution in [0, 0.1) is 5.92 Å². The maximum atomic E-state index is 12.5. The number of carbonyl (C=O) groups excluding carboxylic acids is 2. The Morgan fingerprint density at radius 3 is 2.96 bits per heavy atom. The van der Waals surface area contributed by atoms with Gasteiger partial charge in [0.25, 0.3) is 5.56 Å². The van der Waals surface area contributed by atoms with Gasteiger partial charge < -0.3 is 9.64 Å². The van der Waals surface area contributed by atoms with E-state index in [4.69, 9.17) is 4.74 Å². The van der Waals surface area contributed by atoms with Crippen molar-refractivity contribution in [2.24, 2.45) is 5.92 Å². The largest absolute Gasteiger partial charge is 0.466 e. The average molecular weight is 375 g/mol. The number of thiophene rings is 1. The Labute approximate surface area is 155 Å². The highest BCUT2D eigenvalue weighted by Gasteiger charge is 2.29. The summed E-state index contributed by atoms with van der Waals surface area (Å²) in [7, 11) is 0. The third-order valence-corrected chi connectivity index (χ3v) is 5.25. The Hall–Kier alpha value is -2.48. The number of amides is 1. The fourth-order valence-electron chi connectivity index (χ4n) is 3.01. The van der Waals surface area contributed by atoms with Crippen molar-refractivity contribution in [2.45, 2.75) is 26.3 Å². The van der Waals surface area contributed by atoms with E-state index in [1.54, 1.807) is 11.8 Å². The maximum Gasteiger partial charge on any atom is 0.310 e. The quantitative estimate of drug-likeness (QED) is 0.744. The van der Waals surface area contributed by atoms with Crippen LogP contribution in [-0.2, 0) is 20.9 Å². The Morgan fingerprint density at radius 1 is 1.42 bits per heavy atom. The second-order valence-electron chi connectivity index (χ2n) is 6.15. The zero-order chi connectivity index (χ0) is 18.5. The molecule has 1 aliphatic heterocycles. The molecule has 0 saturated carbocycles. The van der Waals surface area contributed by atoms with Gasteiger partial charge in [0.15, 0.2) is 0 Å². The Balaban J connectivity index is 1.66. The molecule has 3 rings (SSSR count). The number of hydrogen-bond acceptors (Lipinski definition) is 6. The lowest BCUT2D eigenvalue weighted by atomic mass is 9.98. The third kappa shape index (κ3) is 4.19. The number of hydrogen-bond donors (Lipinski definition) is 0. The van der Waals surface area contributed by atoms with Crippen molar-refractivity contribution in [3.8, 4) is 10.6 Å². The smallest absolute Gasteiger partial charge is 0.310 e. The van der Waals surface area contributed by atoms with Crippen LogP contribution in [0.2, 0.25) is 0 Å². The molecule has 2 aromatic heterocycles. The second-order valence-corrected chi connectivity index (χ2v) is 7.10. The zero-order valence-corrected chi connectivity index (χ0v) is 15.4. The predicted molar refractivity (Wildman–Crippen MR) is 97.7 cm³/mol. The van der Waals surface area contributed by atoms with Crippen molar-refractivity contribution in [2.75, 3.05) is 19.7 Å². The molecule has 3 heterocycles. The molecule has 1 aliphatic rings. The molecule has 0 unspecified atom stereocenters. The minimum absolute atomic E-state index is 0.0773. The summed E-state index contributed by atoms with van der Waals surface area (Å²) in [5, 5.41) is 1.92. The molecule has 1 fully saturated rings. The van der Waals surface area contributed by atoms with Crippen LogP contribution in [0.4, 0.5) is 0 Å². The van der Waals surface area contributed by atoms with E-state index >= 15 is 0 Å². The lowest BCUT2D eigenvalue weighted by Gasteiger charge is -2.31. The first-order valence-electron chi connectivity index (χ1n) is 8.63. The topological polar surface area (TPSA) is 81.5 Å². The summed E-state index contributed by atoms with van der Waals surface area (Å²) < 4.78 is 6.35. The van der Waals surface area contributed by atoms with Crippen LogP contribution in [0.1, 0.15) is 19.8 Å². The molecule has 0 bridgehead atoms. The van der Waals surface area contributed by atoms with Gasteiger partial charge in [-0.1, -0.05) is 6.07 Å². The zero-order valence-electron chi connectivity index (χ0n) is 14.6. The van der Waals surface area contributed by atoms with Crippen LogP contribution in [0.3, 0.4) is 0 Å². The van der Waals surface area contributed by atoms with Gasteiger partial charge in [-0.05, 0) is 31.2 Å². The van der Waals surface area contributed by atoms with Gasteiger partial charge in [0, 0.05) is 19.2 Å². The highest BCUT2D eigenvalue weighted by Crippen LogP contribution is 2.21. The van der Waals surface area contributed by atoms with Crippen molar-refractivity contribution in [3.63, 3.8) is 0 Å². The molecular formula is C18H21N3O4S. The Morgan fingerprint density at radius 2 is 2.27 bits per heavy atom. The molecule has 26 heavy (non-hydrogen) atoms. The third-order valence-electron chi connectivity index (χ3n) is 4.35. The van der Waals surface area contributed by atoms with E-state index in [0.29, 0.717) is 25.4 Å². The normalized spacial score (nSPS) is 17.1. The van der Waals surface area contributed by atoms with Crippen molar-refractivity contribution < 1.29 is 14.3 Å². The van der Waals surface area contributed by atoms with Crippen LogP contribution in [0.25, 0.3) is 10.6 Å². The van der Waals surface area contributed by atoms with Gasteiger partial charge >= 0.3 is 5.97 Å². The molecular weight excluding hydrogens is 354 g/mol. The van der Waals surface area contributed by atoms with Gasteiger partial charge in [-0.25, -0.2) is 4.98 Å². The maximum absolute atomic E-state index is 12.5. The molecule has 0 aliphatic carbocycles. The molecule has 2 aromatic rings. The summed E-state index contributed by atoms with van der Waals surface area (Å²) in [6.45, 7) is 2.95. The first kappa shape index (κ1) is 18.3. The first-order chi connectivity index (χ1) is 12.6. The van der Waals surface area contributed by atoms with E-state index in [9.17, 15) is 14.4 Å². The van der Waals surface area contributed by atoms with E-state index in [2.05, 4.69) is 4.98 Å². The predicted octanol–water partition coefficient (Wildman–Crippen LogP) is 1.77. The minimum Gasteiger partial charge on any atom is -0.466 e. The van der Waals surface area contributed by atoms with Crippen molar-refractivity contribution in [3.05, 3.63) is 40.3 Å². The summed E-state index contributed by atoms with van der Waals surface area (Å²) >= 11 is 1.50. The standard InChI is InChI=1S/C18H21N3O4S/c1-2-25-18(24)13-5-3-7-20(10-13)17(23)11-21-12-19-14(9-16(21)22)15-6-4-8-26-15/h4,6,8-9,12-13H,2-3,5,7,10-11H2,1H3/t13-/m0/s1. The van der Waals surface area contributed by atoms with Gasteiger partial charge in [-0.2, -0.15) is 0 Å². The molecule has 0 aromatic carbocycles. The van der Waals surface area contributed by atoms with Gasteiger partial charge in [0.05, 0.1) is 29.4 Å². The van der Waals surface area contributed by atoms with Gasteiger partial charge in [0.2, 0.25) is 5.91 Å². The van der Waals surface area contributed by atoms with E-state index in [1.807, 2.05) is 17.5 Å². The molecule has 1 amide bonds. The number of nitrogens with zero attached hydrogens (tertiary/aromatic N) is 3. The van der Waals surface area contributed by atoms with Crippen LogP contribution >= 0.6 is 11.3 Å². The number of ether oxygens (including phenoxy) is 1. The fraction of sp³-hybridized carbons (Fsp3) is 0.444. The van der Waals surface area contributed by atoms with Gasteiger partial charge in [-0.3, -0.25) is 19.0 Å². The highest BCUT2D eigenvalue weighted by molar-refractivity contribution is 7.13. The molecule has 138 valence electrons. The first-order valence-corrected chi connectivity index (χ1v) is 9.51. The number of rotatable bonds is 5. The molecule has 1 atom stereocenters. The van der Waals surface area contributed by atoms with Crippen LogP contribution in [0.15, 0.2) is 34.7 Å². The van der Waals surface area contributed by atoms with Crippen molar-refractivity contribution in [1.82, 2.24) is 14.5 Å². The molecule has 0 radical (unpaired) electrons. The summed E-state index contributed by atoms with van der Waals surface area (Å²) in [4.78, 5) is 43.6. The summed E-state index contributed by atoms with van der Waals surface area (Å²) in [6, 6.07) is 5.23. The molecule has 7 nitrogen and oxygen atoms in total. The number of carbonyl (C=O) groups is 2. The van der Waals surface area contributed by atoms with E-state index in [0.717, 1.165) is 17.7 Å². The SMILES string of the molecule is CCOC(=O)[C@H]1CCCN(C(=O)Cn2cnc(-c3cccs3)cc2=O)C1. The lowest BCUT2D eigenvalue weighted by Crippen LogP contribution is -2.44. The highest BCUT2D eigenvalue weighted by atomic mass is 32.1. The van der Waals surface area contributed by atoms with E-state index in [-0.39, 0.29) is 29.9 Å². The summed E-state index contributed by atoms with van der Waals surface area (Å²) in [6.07, 6.45) is 2.88. The van der Waals surface area contributed by atoms with Crippen LogP contribution in [0.5, 0.6) is 0 Å². The number of piperidine rings is 1. The number of esters is 1. The van der Waals surface area contributed by atoms with E-state index in [1.165, 1.54) is 28.3 Å². The summed E-state index contributed by atoms with van der Waals surface area (Å²) in [5.74, 6) is -0.736. The number of likely N-dealkylation sites (tertiary alicyclic amines) is 1. The Bertz CT molecular complexity index is 831. The average Bonchev–Trinajstić information content (AvgIpc) is 3.18. The van der Waals surface area contributed by atoms with Crippen molar-refractivity contribution in [1.29, 1.82) is 0 Å². The molecule has 1 saturated heterocycles. The van der Waals surface area contributed by atoms with E-state index < -0.39 is 0 Å². The monoisotopic (exact) mass is 375 g/mol. The van der Waals surface area contributed by atoms with Crippen molar-refractivity contribution >= 4 is 23.2 Å².